The molecule has 1 aromatic carbocycles. The van der Waals surface area contributed by atoms with E-state index in [1.54, 1.807) is 6.07 Å². The summed E-state index contributed by atoms with van der Waals surface area (Å²) in [7, 11) is 0. The summed E-state index contributed by atoms with van der Waals surface area (Å²) >= 11 is 0. The van der Waals surface area contributed by atoms with Crippen LogP contribution in [0, 0.1) is 6.92 Å². The number of hydrogen-bond acceptors (Lipinski definition) is 3. The highest BCUT2D eigenvalue weighted by atomic mass is 35.5. The number of hydrogen-bond donors (Lipinski definition) is 1. The van der Waals surface area contributed by atoms with Crippen LogP contribution in [-0.4, -0.2) is 36.6 Å². The lowest BCUT2D eigenvalue weighted by Crippen LogP contribution is -2.48. The number of carbonyl (C=O) groups excluding carboxylic acids is 1. The molecular formula is C14H21ClN2O2. The van der Waals surface area contributed by atoms with Crippen molar-refractivity contribution in [2.75, 3.05) is 25.5 Å². The fraction of sp³-hybridized carbons (Fsp3) is 0.500. The highest BCUT2D eigenvalue weighted by Gasteiger charge is 2.27. The highest BCUT2D eigenvalue weighted by Crippen LogP contribution is 2.19. The minimum Gasteiger partial charge on any atom is -0.399 e. The third-order valence-electron chi connectivity index (χ3n) is 3.45. The molecular weight excluding hydrogens is 264 g/mol. The van der Waals surface area contributed by atoms with Gasteiger partial charge in [-0.05, 0) is 31.0 Å². The van der Waals surface area contributed by atoms with Crippen LogP contribution in [-0.2, 0) is 4.74 Å². The molecule has 1 atom stereocenters. The summed E-state index contributed by atoms with van der Waals surface area (Å²) in [4.78, 5) is 14.5. The number of nitrogens with two attached hydrogens (primary N) is 1. The summed E-state index contributed by atoms with van der Waals surface area (Å²) < 4.78 is 5.42. The first-order chi connectivity index (χ1) is 8.63. The zero-order chi connectivity index (χ0) is 13.1. The van der Waals surface area contributed by atoms with Gasteiger partial charge in [-0.3, -0.25) is 4.79 Å². The second-order valence-electron chi connectivity index (χ2n) is 4.71. The van der Waals surface area contributed by atoms with Gasteiger partial charge in [0.15, 0.2) is 0 Å². The predicted octanol–water partition coefficient (Wildman–Crippen LogP) is 2.25. The third kappa shape index (κ3) is 3.39. The van der Waals surface area contributed by atoms with Crippen LogP contribution >= 0.6 is 12.4 Å². The first-order valence-corrected chi connectivity index (χ1v) is 6.38. The first-order valence-electron chi connectivity index (χ1n) is 6.38. The number of nitrogen functional groups attached to an aromatic ring is 1. The average Bonchev–Trinajstić information content (AvgIpc) is 2.40. The fourth-order valence-electron chi connectivity index (χ4n) is 2.29. The van der Waals surface area contributed by atoms with Crippen molar-refractivity contribution in [3.05, 3.63) is 29.3 Å². The van der Waals surface area contributed by atoms with E-state index in [1.807, 2.05) is 24.0 Å². The molecule has 1 amide bonds. The summed E-state index contributed by atoms with van der Waals surface area (Å²) in [6, 6.07) is 5.65. The van der Waals surface area contributed by atoms with Gasteiger partial charge >= 0.3 is 0 Å². The maximum Gasteiger partial charge on any atom is 0.254 e. The molecule has 0 aliphatic carbocycles. The molecule has 0 aromatic heterocycles. The van der Waals surface area contributed by atoms with Gasteiger partial charge in [0, 0.05) is 17.8 Å². The quantitative estimate of drug-likeness (QED) is 0.848. The molecule has 0 radical (unpaired) electrons. The molecule has 1 fully saturated rings. The minimum atomic E-state index is 0. The van der Waals surface area contributed by atoms with Crippen LogP contribution in [0.4, 0.5) is 5.69 Å². The number of aryl methyl sites for hydroxylation is 1. The lowest BCUT2D eigenvalue weighted by atomic mass is 10.0. The van der Waals surface area contributed by atoms with Crippen molar-refractivity contribution in [3.8, 4) is 0 Å². The Balaban J connectivity index is 0.00000180. The molecule has 1 heterocycles. The molecule has 0 bridgehead atoms. The topological polar surface area (TPSA) is 55.6 Å². The van der Waals surface area contributed by atoms with Gasteiger partial charge in [0.1, 0.15) is 0 Å². The van der Waals surface area contributed by atoms with Crippen molar-refractivity contribution in [2.45, 2.75) is 26.3 Å². The molecule has 1 aliphatic rings. The summed E-state index contributed by atoms with van der Waals surface area (Å²) in [6.45, 7) is 5.92. The Labute approximate surface area is 120 Å². The SMILES string of the molecule is CCC1COCCN1C(=O)c1cc(N)ccc1C.Cl. The van der Waals surface area contributed by atoms with E-state index in [0.29, 0.717) is 31.0 Å². The van der Waals surface area contributed by atoms with Gasteiger partial charge in [0.2, 0.25) is 0 Å². The molecule has 19 heavy (non-hydrogen) atoms. The molecule has 1 saturated heterocycles. The van der Waals surface area contributed by atoms with Crippen molar-refractivity contribution in [2.24, 2.45) is 0 Å². The monoisotopic (exact) mass is 284 g/mol. The smallest absolute Gasteiger partial charge is 0.254 e. The first kappa shape index (κ1) is 15.8. The number of amides is 1. The van der Waals surface area contributed by atoms with E-state index in [0.717, 1.165) is 12.0 Å². The Hall–Kier alpha value is -1.26. The molecule has 5 heteroatoms. The van der Waals surface area contributed by atoms with E-state index in [-0.39, 0.29) is 24.4 Å². The standard InChI is InChI=1S/C14H20N2O2.ClH/c1-3-12-9-18-7-6-16(12)14(17)13-8-11(15)5-4-10(13)2;/h4-5,8,12H,3,6-7,9,15H2,1-2H3;1H. The van der Waals surface area contributed by atoms with Crippen LogP contribution in [0.2, 0.25) is 0 Å². The van der Waals surface area contributed by atoms with E-state index >= 15 is 0 Å². The number of morpholine rings is 1. The van der Waals surface area contributed by atoms with Gasteiger partial charge in [-0.1, -0.05) is 13.0 Å². The van der Waals surface area contributed by atoms with E-state index < -0.39 is 0 Å². The van der Waals surface area contributed by atoms with Gasteiger partial charge in [0.25, 0.3) is 5.91 Å². The van der Waals surface area contributed by atoms with Crippen molar-refractivity contribution >= 4 is 24.0 Å². The summed E-state index contributed by atoms with van der Waals surface area (Å²) in [5.41, 5.74) is 8.07. The summed E-state index contributed by atoms with van der Waals surface area (Å²) in [5.74, 6) is 0.0648. The van der Waals surface area contributed by atoms with Crippen molar-refractivity contribution in [1.82, 2.24) is 4.90 Å². The predicted molar refractivity (Wildman–Crippen MR) is 78.8 cm³/mol. The average molecular weight is 285 g/mol. The largest absolute Gasteiger partial charge is 0.399 e. The molecule has 1 aromatic rings. The molecule has 0 saturated carbocycles. The molecule has 2 N–H and O–H groups in total. The van der Waals surface area contributed by atoms with Crippen LogP contribution in [0.15, 0.2) is 18.2 Å². The maximum atomic E-state index is 12.6. The molecule has 0 spiro atoms. The molecule has 1 unspecified atom stereocenters. The third-order valence-corrected chi connectivity index (χ3v) is 3.45. The molecule has 4 nitrogen and oxygen atoms in total. The zero-order valence-electron chi connectivity index (χ0n) is 11.4. The Kier molecular flexibility index (Phi) is 5.63. The summed E-state index contributed by atoms with van der Waals surface area (Å²) in [5, 5.41) is 0. The number of halogens is 1. The Morgan fingerprint density at radius 3 is 2.95 bits per heavy atom. The number of nitrogens with zero attached hydrogens (tertiary/aromatic N) is 1. The molecule has 1 aliphatic heterocycles. The Morgan fingerprint density at radius 1 is 1.53 bits per heavy atom. The highest BCUT2D eigenvalue weighted by molar-refractivity contribution is 5.96. The van der Waals surface area contributed by atoms with Crippen molar-refractivity contribution in [3.63, 3.8) is 0 Å². The molecule has 106 valence electrons. The van der Waals surface area contributed by atoms with Gasteiger partial charge in [-0.2, -0.15) is 0 Å². The fourth-order valence-corrected chi connectivity index (χ4v) is 2.29. The zero-order valence-corrected chi connectivity index (χ0v) is 12.2. The number of ether oxygens (including phenoxy) is 1. The summed E-state index contributed by atoms with van der Waals surface area (Å²) in [6.07, 6.45) is 0.910. The van der Waals surface area contributed by atoms with Gasteiger partial charge < -0.3 is 15.4 Å². The Morgan fingerprint density at radius 2 is 2.26 bits per heavy atom. The van der Waals surface area contributed by atoms with Crippen molar-refractivity contribution < 1.29 is 9.53 Å². The van der Waals surface area contributed by atoms with Gasteiger partial charge in [-0.25, -0.2) is 0 Å². The van der Waals surface area contributed by atoms with E-state index in [9.17, 15) is 4.79 Å². The number of rotatable bonds is 2. The van der Waals surface area contributed by atoms with E-state index in [1.165, 1.54) is 0 Å². The van der Waals surface area contributed by atoms with Gasteiger partial charge in [-0.15, -0.1) is 12.4 Å². The second-order valence-corrected chi connectivity index (χ2v) is 4.71. The Bertz CT molecular complexity index is 451. The molecule has 2 rings (SSSR count). The van der Waals surface area contributed by atoms with Crippen LogP contribution < -0.4 is 5.73 Å². The number of benzene rings is 1. The van der Waals surface area contributed by atoms with Crippen LogP contribution in [0.3, 0.4) is 0 Å². The van der Waals surface area contributed by atoms with E-state index in [4.69, 9.17) is 10.5 Å². The van der Waals surface area contributed by atoms with Gasteiger partial charge in [0.05, 0.1) is 19.3 Å². The lowest BCUT2D eigenvalue weighted by Gasteiger charge is -2.35. The van der Waals surface area contributed by atoms with Crippen LogP contribution in [0.5, 0.6) is 0 Å². The van der Waals surface area contributed by atoms with Crippen LogP contribution in [0.25, 0.3) is 0 Å². The normalized spacial score (nSPS) is 18.8. The number of carbonyl (C=O) groups is 1. The van der Waals surface area contributed by atoms with Crippen LogP contribution in [0.1, 0.15) is 29.3 Å². The maximum absolute atomic E-state index is 12.6. The second kappa shape index (κ2) is 6.78. The lowest BCUT2D eigenvalue weighted by molar-refractivity contribution is -0.00283. The minimum absolute atomic E-state index is 0. The van der Waals surface area contributed by atoms with E-state index in [2.05, 4.69) is 6.92 Å². The van der Waals surface area contributed by atoms with Crippen molar-refractivity contribution in [1.29, 1.82) is 0 Å². The number of anilines is 1.